The number of nitrogens with one attached hydrogen (secondary N) is 2. The molecule has 2 N–H and O–H groups in total. The maximum atomic E-state index is 12.7. The van der Waals surface area contributed by atoms with E-state index in [1.54, 1.807) is 18.2 Å². The minimum atomic E-state index is -3.86. The van der Waals surface area contributed by atoms with Crippen molar-refractivity contribution in [1.29, 1.82) is 0 Å². The average Bonchev–Trinajstić information content (AvgIpc) is 2.80. The van der Waals surface area contributed by atoms with Gasteiger partial charge < -0.3 is 5.32 Å². The Balaban J connectivity index is 1.60. The van der Waals surface area contributed by atoms with Gasteiger partial charge in [-0.1, -0.05) is 40.9 Å². The lowest BCUT2D eigenvalue weighted by atomic mass is 10.2. The van der Waals surface area contributed by atoms with Gasteiger partial charge in [-0.15, -0.1) is 0 Å². The highest BCUT2D eigenvalue weighted by Gasteiger charge is 2.21. The van der Waals surface area contributed by atoms with Crippen molar-refractivity contribution in [2.24, 2.45) is 0 Å². The monoisotopic (exact) mass is 603 g/mol. The SMILES string of the molecule is Cc1ccc(NS(=O)(=O)c2ccc(NC(=O)CCCN(c3cc(Cl)ccc3Cl)S(C)(=O)=O)cc2)cc1Cl. The second-order valence-electron chi connectivity index (χ2n) is 8.18. The number of halogens is 3. The van der Waals surface area contributed by atoms with E-state index in [4.69, 9.17) is 34.8 Å². The first-order chi connectivity index (χ1) is 17.3. The van der Waals surface area contributed by atoms with Gasteiger partial charge in [0.05, 0.1) is 27.5 Å². The van der Waals surface area contributed by atoms with Gasteiger partial charge >= 0.3 is 0 Å². The van der Waals surface area contributed by atoms with Crippen molar-refractivity contribution in [2.75, 3.05) is 27.1 Å². The van der Waals surface area contributed by atoms with Gasteiger partial charge in [0.15, 0.2) is 0 Å². The van der Waals surface area contributed by atoms with E-state index in [2.05, 4.69) is 10.0 Å². The van der Waals surface area contributed by atoms with Crippen LogP contribution in [0.1, 0.15) is 18.4 Å². The second-order valence-corrected chi connectivity index (χ2v) is 13.0. The molecule has 0 aliphatic rings. The molecule has 0 aliphatic carbocycles. The minimum Gasteiger partial charge on any atom is -0.326 e. The van der Waals surface area contributed by atoms with E-state index < -0.39 is 20.0 Å². The van der Waals surface area contributed by atoms with E-state index in [1.807, 2.05) is 6.92 Å². The van der Waals surface area contributed by atoms with Crippen molar-refractivity contribution < 1.29 is 21.6 Å². The smallest absolute Gasteiger partial charge is 0.261 e. The van der Waals surface area contributed by atoms with Crippen LogP contribution < -0.4 is 14.3 Å². The molecule has 0 saturated carbocycles. The molecule has 0 heterocycles. The van der Waals surface area contributed by atoms with Crippen molar-refractivity contribution >= 4 is 77.8 Å². The van der Waals surface area contributed by atoms with Crippen LogP contribution in [0, 0.1) is 6.92 Å². The third-order valence-electron chi connectivity index (χ3n) is 5.21. The summed E-state index contributed by atoms with van der Waals surface area (Å²) in [5.74, 6) is -0.367. The van der Waals surface area contributed by atoms with Crippen molar-refractivity contribution in [3.63, 3.8) is 0 Å². The van der Waals surface area contributed by atoms with E-state index in [9.17, 15) is 21.6 Å². The molecular weight excluding hydrogens is 581 g/mol. The van der Waals surface area contributed by atoms with Crippen LogP contribution in [0.15, 0.2) is 65.6 Å². The van der Waals surface area contributed by atoms with Gasteiger partial charge in [-0.05, 0) is 73.5 Å². The van der Waals surface area contributed by atoms with Crippen LogP contribution in [0.5, 0.6) is 0 Å². The van der Waals surface area contributed by atoms with Crippen LogP contribution in [-0.2, 0) is 24.8 Å². The molecule has 37 heavy (non-hydrogen) atoms. The summed E-state index contributed by atoms with van der Waals surface area (Å²) < 4.78 is 53.5. The number of rotatable bonds is 10. The summed E-state index contributed by atoms with van der Waals surface area (Å²) >= 11 is 18.2. The molecule has 0 spiro atoms. The molecule has 0 atom stereocenters. The van der Waals surface area contributed by atoms with Gasteiger partial charge in [-0.2, -0.15) is 0 Å². The Morgan fingerprint density at radius 1 is 0.865 bits per heavy atom. The predicted molar refractivity (Wildman–Crippen MR) is 150 cm³/mol. The first-order valence-electron chi connectivity index (χ1n) is 10.9. The molecule has 198 valence electrons. The Hall–Kier alpha value is -2.50. The highest BCUT2D eigenvalue weighted by molar-refractivity contribution is 7.92. The lowest BCUT2D eigenvalue weighted by Gasteiger charge is -2.23. The third-order valence-corrected chi connectivity index (χ3v) is 8.75. The summed E-state index contributed by atoms with van der Waals surface area (Å²) in [5, 5.41) is 3.65. The Labute approximate surface area is 231 Å². The number of aryl methyl sites for hydroxylation is 1. The molecule has 0 fully saturated rings. The molecule has 0 radical (unpaired) electrons. The van der Waals surface area contributed by atoms with Crippen molar-refractivity contribution in [1.82, 2.24) is 0 Å². The number of hydrogen-bond acceptors (Lipinski definition) is 5. The largest absolute Gasteiger partial charge is 0.326 e. The summed E-state index contributed by atoms with van der Waals surface area (Å²) in [7, 11) is -7.53. The standard InChI is InChI=1S/C24H24Cl3N3O5S2/c1-16-5-7-19(15-22(16)27)29-37(34,35)20-10-8-18(9-11-20)28-24(31)4-3-13-30(36(2,32)33)23-14-17(25)6-12-21(23)26/h5-12,14-15,29H,3-4,13H2,1-2H3,(H,28,31). The zero-order valence-corrected chi connectivity index (χ0v) is 23.7. The number of nitrogens with zero attached hydrogens (tertiary/aromatic N) is 1. The number of hydrogen-bond donors (Lipinski definition) is 2. The minimum absolute atomic E-state index is 0.00407. The van der Waals surface area contributed by atoms with Crippen LogP contribution in [0.4, 0.5) is 17.1 Å². The number of carbonyl (C=O) groups is 1. The highest BCUT2D eigenvalue weighted by atomic mass is 35.5. The highest BCUT2D eigenvalue weighted by Crippen LogP contribution is 2.31. The third kappa shape index (κ3) is 7.99. The molecule has 0 saturated heterocycles. The quantitative estimate of drug-likeness (QED) is 0.297. The molecule has 0 aromatic heterocycles. The van der Waals surface area contributed by atoms with Crippen LogP contribution in [0.25, 0.3) is 0 Å². The summed E-state index contributed by atoms with van der Waals surface area (Å²) in [6, 6.07) is 15.0. The Morgan fingerprint density at radius 2 is 1.51 bits per heavy atom. The maximum absolute atomic E-state index is 12.7. The fourth-order valence-electron chi connectivity index (χ4n) is 3.34. The fourth-order valence-corrected chi connectivity index (χ4v) is 5.97. The van der Waals surface area contributed by atoms with E-state index in [0.29, 0.717) is 21.4 Å². The summed E-state index contributed by atoms with van der Waals surface area (Å²) in [6.07, 6.45) is 1.26. The van der Waals surface area contributed by atoms with Gasteiger partial charge in [0, 0.05) is 28.7 Å². The zero-order chi connectivity index (χ0) is 27.4. The zero-order valence-electron chi connectivity index (χ0n) is 19.8. The van der Waals surface area contributed by atoms with Crippen LogP contribution >= 0.6 is 34.8 Å². The van der Waals surface area contributed by atoms with Crippen LogP contribution in [0.2, 0.25) is 15.1 Å². The maximum Gasteiger partial charge on any atom is 0.261 e. The van der Waals surface area contributed by atoms with Gasteiger partial charge in [0.1, 0.15) is 0 Å². The number of sulfonamides is 2. The van der Waals surface area contributed by atoms with Gasteiger partial charge in [0.25, 0.3) is 10.0 Å². The lowest BCUT2D eigenvalue weighted by molar-refractivity contribution is -0.116. The molecule has 1 amide bonds. The summed E-state index contributed by atoms with van der Waals surface area (Å²) in [4.78, 5) is 12.4. The van der Waals surface area contributed by atoms with E-state index in [0.717, 1.165) is 16.1 Å². The summed E-state index contributed by atoms with van der Waals surface area (Å²) in [5.41, 5.74) is 1.77. The topological polar surface area (TPSA) is 113 Å². The van der Waals surface area contributed by atoms with Crippen molar-refractivity contribution in [3.8, 4) is 0 Å². The van der Waals surface area contributed by atoms with Crippen LogP contribution in [0.3, 0.4) is 0 Å². The van der Waals surface area contributed by atoms with Crippen LogP contribution in [-0.4, -0.2) is 35.5 Å². The van der Waals surface area contributed by atoms with E-state index in [-0.39, 0.29) is 40.9 Å². The van der Waals surface area contributed by atoms with Gasteiger partial charge in [-0.25, -0.2) is 16.8 Å². The average molecular weight is 605 g/mol. The molecule has 3 rings (SSSR count). The molecule has 8 nitrogen and oxygen atoms in total. The molecule has 0 aliphatic heterocycles. The molecular formula is C24H24Cl3N3O5S2. The first kappa shape index (κ1) is 29.1. The Kier molecular flexibility index (Phi) is 9.36. The van der Waals surface area contributed by atoms with Crippen molar-refractivity contribution in [2.45, 2.75) is 24.7 Å². The van der Waals surface area contributed by atoms with Crippen molar-refractivity contribution in [3.05, 3.63) is 81.3 Å². The number of amides is 1. The number of benzene rings is 3. The Bertz CT molecular complexity index is 1510. The predicted octanol–water partition coefficient (Wildman–Crippen LogP) is 5.94. The lowest BCUT2D eigenvalue weighted by Crippen LogP contribution is -2.31. The molecule has 13 heteroatoms. The van der Waals surface area contributed by atoms with Gasteiger partial charge in [-0.3, -0.25) is 13.8 Å². The second kappa shape index (κ2) is 11.9. The number of anilines is 3. The van der Waals surface area contributed by atoms with E-state index in [1.165, 1.54) is 42.5 Å². The fraction of sp³-hybridized carbons (Fsp3) is 0.208. The van der Waals surface area contributed by atoms with E-state index >= 15 is 0 Å². The Morgan fingerprint density at radius 3 is 2.14 bits per heavy atom. The summed E-state index contributed by atoms with van der Waals surface area (Å²) in [6.45, 7) is 1.82. The molecule has 3 aromatic rings. The van der Waals surface area contributed by atoms with Gasteiger partial charge in [0.2, 0.25) is 15.9 Å². The molecule has 3 aromatic carbocycles. The first-order valence-corrected chi connectivity index (χ1v) is 15.3. The number of carbonyl (C=O) groups excluding carboxylic acids is 1. The normalized spacial score (nSPS) is 11.7. The molecule has 0 bridgehead atoms. The molecule has 0 unspecified atom stereocenters.